The summed E-state index contributed by atoms with van der Waals surface area (Å²) in [6, 6.07) is 7.23. The van der Waals surface area contributed by atoms with E-state index in [2.05, 4.69) is 11.9 Å². The van der Waals surface area contributed by atoms with Gasteiger partial charge >= 0.3 is 0 Å². The van der Waals surface area contributed by atoms with Crippen LogP contribution in [0.2, 0.25) is 0 Å². The molecule has 1 saturated heterocycles. The average Bonchev–Trinajstić information content (AvgIpc) is 2.75. The summed E-state index contributed by atoms with van der Waals surface area (Å²) in [6.07, 6.45) is 1.38. The maximum atomic E-state index is 10.7. The Hall–Kier alpha value is -1.19. The van der Waals surface area contributed by atoms with E-state index in [9.17, 15) is 9.90 Å². The van der Waals surface area contributed by atoms with Gasteiger partial charge in [-0.15, -0.1) is 0 Å². The predicted molar refractivity (Wildman–Crippen MR) is 62.4 cm³/mol. The van der Waals surface area contributed by atoms with Crippen LogP contribution in [0.1, 0.15) is 28.4 Å². The fourth-order valence-corrected chi connectivity index (χ4v) is 2.32. The van der Waals surface area contributed by atoms with Gasteiger partial charge in [0.2, 0.25) is 0 Å². The lowest BCUT2D eigenvalue weighted by molar-refractivity contribution is 0.111. The van der Waals surface area contributed by atoms with E-state index in [1.807, 2.05) is 12.1 Å². The monoisotopic (exact) mass is 219 g/mol. The van der Waals surface area contributed by atoms with Crippen molar-refractivity contribution in [1.82, 2.24) is 4.90 Å². The van der Waals surface area contributed by atoms with Crippen LogP contribution in [0.15, 0.2) is 24.3 Å². The summed E-state index contributed by atoms with van der Waals surface area (Å²) in [7, 11) is 2.06. The molecule has 1 aromatic rings. The Morgan fingerprint density at radius 1 is 1.56 bits per heavy atom. The van der Waals surface area contributed by atoms with Gasteiger partial charge in [0.05, 0.1) is 6.10 Å². The van der Waals surface area contributed by atoms with Crippen LogP contribution in [0.3, 0.4) is 0 Å². The van der Waals surface area contributed by atoms with Crippen LogP contribution in [0, 0.1) is 5.92 Å². The molecule has 0 saturated carbocycles. The van der Waals surface area contributed by atoms with E-state index in [-0.39, 0.29) is 5.92 Å². The van der Waals surface area contributed by atoms with Crippen molar-refractivity contribution in [1.29, 1.82) is 0 Å². The van der Waals surface area contributed by atoms with Crippen molar-refractivity contribution in [3.63, 3.8) is 0 Å². The van der Waals surface area contributed by atoms with Gasteiger partial charge in [-0.25, -0.2) is 0 Å². The minimum Gasteiger partial charge on any atom is -0.388 e. The lowest BCUT2D eigenvalue weighted by atomic mass is 9.94. The van der Waals surface area contributed by atoms with E-state index in [1.54, 1.807) is 12.1 Å². The Morgan fingerprint density at radius 3 is 3.00 bits per heavy atom. The van der Waals surface area contributed by atoms with Crippen molar-refractivity contribution in [2.75, 3.05) is 20.1 Å². The third-order valence-electron chi connectivity index (χ3n) is 3.26. The summed E-state index contributed by atoms with van der Waals surface area (Å²) in [5.41, 5.74) is 1.48. The normalized spacial score (nSPS) is 23.2. The van der Waals surface area contributed by atoms with E-state index in [0.29, 0.717) is 5.56 Å². The molecule has 1 N–H and O–H groups in total. The first kappa shape index (κ1) is 11.3. The lowest BCUT2D eigenvalue weighted by Gasteiger charge is -2.18. The first-order valence-corrected chi connectivity index (χ1v) is 5.62. The summed E-state index contributed by atoms with van der Waals surface area (Å²) in [4.78, 5) is 12.9. The molecule has 1 fully saturated rings. The van der Waals surface area contributed by atoms with E-state index in [0.717, 1.165) is 31.4 Å². The zero-order valence-corrected chi connectivity index (χ0v) is 9.47. The van der Waals surface area contributed by atoms with Crippen molar-refractivity contribution in [2.45, 2.75) is 12.5 Å². The second kappa shape index (κ2) is 4.76. The number of benzene rings is 1. The third-order valence-corrected chi connectivity index (χ3v) is 3.26. The topological polar surface area (TPSA) is 40.5 Å². The van der Waals surface area contributed by atoms with Gasteiger partial charge in [0.25, 0.3) is 0 Å². The molecule has 16 heavy (non-hydrogen) atoms. The quantitative estimate of drug-likeness (QED) is 0.783. The van der Waals surface area contributed by atoms with Crippen LogP contribution in [0.5, 0.6) is 0 Å². The predicted octanol–water partition coefficient (Wildman–Crippen LogP) is 1.48. The number of likely N-dealkylation sites (tertiary alicyclic amines) is 1. The van der Waals surface area contributed by atoms with Gasteiger partial charge in [0.15, 0.2) is 0 Å². The number of rotatable bonds is 3. The number of aliphatic hydroxyl groups is 1. The molecule has 0 bridgehead atoms. The fourth-order valence-electron chi connectivity index (χ4n) is 2.32. The van der Waals surface area contributed by atoms with Crippen LogP contribution in [0.25, 0.3) is 0 Å². The Morgan fingerprint density at radius 2 is 2.38 bits per heavy atom. The Bertz CT molecular complexity index is 378. The van der Waals surface area contributed by atoms with Gasteiger partial charge in [-0.1, -0.05) is 18.2 Å². The molecule has 2 atom stereocenters. The molecule has 3 heteroatoms. The largest absolute Gasteiger partial charge is 0.388 e. The summed E-state index contributed by atoms with van der Waals surface area (Å²) in [6.45, 7) is 1.96. The smallest absolute Gasteiger partial charge is 0.150 e. The number of hydrogen-bond acceptors (Lipinski definition) is 3. The van der Waals surface area contributed by atoms with Crippen LogP contribution in [0.4, 0.5) is 0 Å². The number of hydrogen-bond donors (Lipinski definition) is 1. The van der Waals surface area contributed by atoms with Crippen LogP contribution in [-0.4, -0.2) is 36.4 Å². The van der Waals surface area contributed by atoms with Crippen molar-refractivity contribution < 1.29 is 9.90 Å². The highest BCUT2D eigenvalue weighted by atomic mass is 16.3. The molecule has 1 aromatic carbocycles. The van der Waals surface area contributed by atoms with Crippen molar-refractivity contribution >= 4 is 6.29 Å². The Balaban J connectivity index is 2.13. The van der Waals surface area contributed by atoms with Gasteiger partial charge in [-0.3, -0.25) is 4.79 Å². The van der Waals surface area contributed by atoms with Gasteiger partial charge < -0.3 is 10.0 Å². The standard InChI is InChI=1S/C13H17NO2/c1-14-6-5-12(8-14)13(16)11-4-2-3-10(7-11)9-15/h2-4,7,9,12-13,16H,5-6,8H2,1H3. The van der Waals surface area contributed by atoms with E-state index in [1.165, 1.54) is 0 Å². The van der Waals surface area contributed by atoms with Crippen LogP contribution in [-0.2, 0) is 0 Å². The molecule has 0 spiro atoms. The number of carbonyl (C=O) groups excluding carboxylic acids is 1. The zero-order valence-electron chi connectivity index (χ0n) is 9.47. The molecule has 86 valence electrons. The molecule has 1 aliphatic heterocycles. The number of aldehydes is 1. The molecule has 0 amide bonds. The number of nitrogens with zero attached hydrogens (tertiary/aromatic N) is 1. The molecule has 3 nitrogen and oxygen atoms in total. The lowest BCUT2D eigenvalue weighted by Crippen LogP contribution is -2.18. The molecule has 0 radical (unpaired) electrons. The minimum atomic E-state index is -0.454. The number of aliphatic hydroxyl groups excluding tert-OH is 1. The molecule has 0 aromatic heterocycles. The average molecular weight is 219 g/mol. The van der Waals surface area contributed by atoms with Crippen molar-refractivity contribution in [2.24, 2.45) is 5.92 Å². The maximum Gasteiger partial charge on any atom is 0.150 e. The van der Waals surface area contributed by atoms with Gasteiger partial charge in [-0.2, -0.15) is 0 Å². The van der Waals surface area contributed by atoms with E-state index < -0.39 is 6.10 Å². The molecule has 2 rings (SSSR count). The summed E-state index contributed by atoms with van der Waals surface area (Å²) >= 11 is 0. The fraction of sp³-hybridized carbons (Fsp3) is 0.462. The second-order valence-corrected chi connectivity index (χ2v) is 4.54. The second-order valence-electron chi connectivity index (χ2n) is 4.54. The first-order chi connectivity index (χ1) is 7.70. The first-order valence-electron chi connectivity index (χ1n) is 5.62. The third kappa shape index (κ3) is 2.31. The molecule has 0 aliphatic carbocycles. The molecular weight excluding hydrogens is 202 g/mol. The highest BCUT2D eigenvalue weighted by molar-refractivity contribution is 5.74. The van der Waals surface area contributed by atoms with E-state index in [4.69, 9.17) is 0 Å². The van der Waals surface area contributed by atoms with Crippen molar-refractivity contribution in [3.8, 4) is 0 Å². The Labute approximate surface area is 95.7 Å². The van der Waals surface area contributed by atoms with Crippen LogP contribution < -0.4 is 0 Å². The highest BCUT2D eigenvalue weighted by Gasteiger charge is 2.27. The Kier molecular flexibility index (Phi) is 3.36. The molecule has 1 aliphatic rings. The highest BCUT2D eigenvalue weighted by Crippen LogP contribution is 2.29. The SMILES string of the molecule is CN1CCC(C(O)c2cccc(C=O)c2)C1. The number of carbonyl (C=O) groups is 1. The van der Waals surface area contributed by atoms with Crippen molar-refractivity contribution in [3.05, 3.63) is 35.4 Å². The van der Waals surface area contributed by atoms with Gasteiger partial charge in [0.1, 0.15) is 6.29 Å². The zero-order chi connectivity index (χ0) is 11.5. The maximum absolute atomic E-state index is 10.7. The molecule has 2 unspecified atom stereocenters. The van der Waals surface area contributed by atoms with Gasteiger partial charge in [0, 0.05) is 18.0 Å². The summed E-state index contributed by atoms with van der Waals surface area (Å²) < 4.78 is 0. The van der Waals surface area contributed by atoms with Crippen LogP contribution >= 0.6 is 0 Å². The summed E-state index contributed by atoms with van der Waals surface area (Å²) in [5, 5.41) is 10.2. The van der Waals surface area contributed by atoms with E-state index >= 15 is 0 Å². The molecule has 1 heterocycles. The molecular formula is C13H17NO2. The van der Waals surface area contributed by atoms with Gasteiger partial charge in [-0.05, 0) is 31.6 Å². The summed E-state index contributed by atoms with van der Waals surface area (Å²) in [5.74, 6) is 0.284. The minimum absolute atomic E-state index is 0.284.